The molecular formula is C30H28N4O3. The molecule has 37 heavy (non-hydrogen) atoms. The third-order valence-corrected chi connectivity index (χ3v) is 8.23. The molecule has 1 N–H and O–H groups in total. The Labute approximate surface area is 214 Å². The number of hydrazine groups is 1. The van der Waals surface area contributed by atoms with Gasteiger partial charge in [-0.3, -0.25) is 14.6 Å². The Kier molecular flexibility index (Phi) is 4.90. The highest BCUT2D eigenvalue weighted by Gasteiger charge is 2.48. The number of ether oxygens (including phenoxy) is 1. The summed E-state index contributed by atoms with van der Waals surface area (Å²) in [5, 5.41) is 7.24. The normalized spacial score (nSPS) is 19.6. The molecule has 7 nitrogen and oxygen atoms in total. The van der Waals surface area contributed by atoms with Gasteiger partial charge in [0.25, 0.3) is 11.8 Å². The molecule has 1 saturated carbocycles. The van der Waals surface area contributed by atoms with Crippen molar-refractivity contribution in [1.82, 2.24) is 20.0 Å². The van der Waals surface area contributed by atoms with Gasteiger partial charge < -0.3 is 9.30 Å². The number of aromatic nitrogens is 2. The van der Waals surface area contributed by atoms with Crippen molar-refractivity contribution in [3.8, 4) is 0 Å². The molecule has 1 fully saturated rings. The molecule has 4 aromatic rings. The van der Waals surface area contributed by atoms with Crippen LogP contribution in [0.25, 0.3) is 33.8 Å². The standard InChI is InChI=1S/C30H28N4O3/c1-18-21-9-13-31-17-19(21)15-25-24-16-20(7-8-26(24)33(2)27(18)25)37-14-12-30(10-11-30)32-34-28(35)22-5-3-4-6-23(22)29(34)36/h3-6,8-9,13,15-17,20,32H,7,10-12,14H2,1-2H3. The van der Waals surface area contributed by atoms with Crippen LogP contribution in [-0.4, -0.2) is 44.6 Å². The number of pyridine rings is 1. The topological polar surface area (TPSA) is 76.5 Å². The predicted molar refractivity (Wildman–Crippen MR) is 142 cm³/mol. The Morgan fingerprint density at radius 2 is 1.86 bits per heavy atom. The minimum absolute atomic E-state index is 0.0156. The number of carbonyl (C=O) groups excluding carboxylic acids is 2. The molecule has 0 spiro atoms. The highest BCUT2D eigenvalue weighted by Crippen LogP contribution is 2.40. The molecule has 3 aliphatic rings. The molecule has 0 bridgehead atoms. The van der Waals surface area contributed by atoms with E-state index in [0.717, 1.165) is 31.1 Å². The van der Waals surface area contributed by atoms with Crippen molar-refractivity contribution in [3.63, 3.8) is 0 Å². The average Bonchev–Trinajstić information content (AvgIpc) is 3.58. The van der Waals surface area contributed by atoms with Gasteiger partial charge >= 0.3 is 0 Å². The van der Waals surface area contributed by atoms with E-state index in [0.29, 0.717) is 17.7 Å². The first-order valence-corrected chi connectivity index (χ1v) is 12.9. The van der Waals surface area contributed by atoms with E-state index in [4.69, 9.17) is 4.74 Å². The first kappa shape index (κ1) is 22.4. The fraction of sp³-hybridized carbons (Fsp3) is 0.300. The maximum absolute atomic E-state index is 12.8. The van der Waals surface area contributed by atoms with Crippen molar-refractivity contribution in [3.05, 3.63) is 76.1 Å². The van der Waals surface area contributed by atoms with Gasteiger partial charge in [-0.25, -0.2) is 10.4 Å². The molecule has 186 valence electrons. The van der Waals surface area contributed by atoms with E-state index in [-0.39, 0.29) is 23.5 Å². The van der Waals surface area contributed by atoms with Gasteiger partial charge in [0.2, 0.25) is 0 Å². The fourth-order valence-electron chi connectivity index (χ4n) is 6.02. The largest absolute Gasteiger partial charge is 0.374 e. The van der Waals surface area contributed by atoms with Crippen LogP contribution in [0.2, 0.25) is 0 Å². The number of fused-ring (bicyclic) bond motifs is 5. The molecule has 7 heteroatoms. The van der Waals surface area contributed by atoms with Crippen LogP contribution in [0.1, 0.15) is 52.0 Å². The molecule has 2 aromatic carbocycles. The first-order chi connectivity index (χ1) is 18.0. The SMILES string of the molecule is Cc1c2ccncc2cc2c3c(n(C)c12)=CCC(OCCC1(NN2C(=O)c4ccccc4C2=O)CC1)C=3. The number of amides is 2. The minimum Gasteiger partial charge on any atom is -0.374 e. The summed E-state index contributed by atoms with van der Waals surface area (Å²) >= 11 is 0. The van der Waals surface area contributed by atoms with Crippen LogP contribution in [-0.2, 0) is 11.8 Å². The lowest BCUT2D eigenvalue weighted by atomic mass is 10.0. The van der Waals surface area contributed by atoms with Crippen molar-refractivity contribution in [2.45, 2.75) is 44.2 Å². The second-order valence-electron chi connectivity index (χ2n) is 10.5. The Hall–Kier alpha value is -3.81. The zero-order chi connectivity index (χ0) is 25.3. The minimum atomic E-state index is -0.274. The number of carbonyl (C=O) groups is 2. The molecule has 1 atom stereocenters. The van der Waals surface area contributed by atoms with E-state index in [1.165, 1.54) is 37.4 Å². The molecule has 1 aliphatic heterocycles. The summed E-state index contributed by atoms with van der Waals surface area (Å²) in [5.41, 5.74) is 6.42. The predicted octanol–water partition coefficient (Wildman–Crippen LogP) is 3.11. The van der Waals surface area contributed by atoms with Crippen LogP contribution in [0.5, 0.6) is 0 Å². The van der Waals surface area contributed by atoms with E-state index in [9.17, 15) is 9.59 Å². The quantitative estimate of drug-likeness (QED) is 0.419. The highest BCUT2D eigenvalue weighted by atomic mass is 16.5. The van der Waals surface area contributed by atoms with E-state index in [2.05, 4.69) is 53.2 Å². The fourth-order valence-corrected chi connectivity index (χ4v) is 6.02. The van der Waals surface area contributed by atoms with Gasteiger partial charge in [0.15, 0.2) is 0 Å². The summed E-state index contributed by atoms with van der Waals surface area (Å²) in [6.07, 6.45) is 11.7. The monoisotopic (exact) mass is 492 g/mol. The van der Waals surface area contributed by atoms with Crippen molar-refractivity contribution in [2.75, 3.05) is 6.61 Å². The van der Waals surface area contributed by atoms with Crippen molar-refractivity contribution in [1.29, 1.82) is 0 Å². The van der Waals surface area contributed by atoms with Gasteiger partial charge in [-0.05, 0) is 73.9 Å². The Morgan fingerprint density at radius 1 is 1.11 bits per heavy atom. The van der Waals surface area contributed by atoms with Gasteiger partial charge in [-0.15, -0.1) is 0 Å². The summed E-state index contributed by atoms with van der Waals surface area (Å²) in [4.78, 5) is 29.8. The molecule has 1 unspecified atom stereocenters. The number of nitrogens with one attached hydrogen (secondary N) is 1. The number of rotatable bonds is 6. The average molecular weight is 493 g/mol. The lowest BCUT2D eigenvalue weighted by molar-refractivity contribution is 0.0460. The third-order valence-electron chi connectivity index (χ3n) is 8.23. The zero-order valence-electron chi connectivity index (χ0n) is 21.0. The van der Waals surface area contributed by atoms with Gasteiger partial charge in [0.05, 0.1) is 22.7 Å². The molecule has 7 rings (SSSR count). The molecule has 3 heterocycles. The van der Waals surface area contributed by atoms with Gasteiger partial charge in [0.1, 0.15) is 0 Å². The van der Waals surface area contributed by atoms with Gasteiger partial charge in [0, 0.05) is 52.9 Å². The summed E-state index contributed by atoms with van der Waals surface area (Å²) in [6.45, 7) is 2.73. The second kappa shape index (κ2) is 8.10. The molecule has 0 radical (unpaired) electrons. The molecular weight excluding hydrogens is 464 g/mol. The maximum Gasteiger partial charge on any atom is 0.276 e. The zero-order valence-corrected chi connectivity index (χ0v) is 21.0. The smallest absolute Gasteiger partial charge is 0.276 e. The van der Waals surface area contributed by atoms with E-state index >= 15 is 0 Å². The van der Waals surface area contributed by atoms with Crippen molar-refractivity contribution < 1.29 is 14.3 Å². The van der Waals surface area contributed by atoms with Crippen LogP contribution in [0.15, 0.2) is 48.8 Å². The number of aryl methyl sites for hydroxylation is 2. The molecule has 2 aromatic heterocycles. The lowest BCUT2D eigenvalue weighted by Gasteiger charge is -2.24. The van der Waals surface area contributed by atoms with E-state index in [1.807, 2.05) is 12.4 Å². The summed E-state index contributed by atoms with van der Waals surface area (Å²) in [6, 6.07) is 11.3. The van der Waals surface area contributed by atoms with Gasteiger partial charge in [-0.2, -0.15) is 0 Å². The number of hydrogen-bond acceptors (Lipinski definition) is 5. The third kappa shape index (κ3) is 3.45. The summed E-state index contributed by atoms with van der Waals surface area (Å²) < 4.78 is 8.62. The summed E-state index contributed by atoms with van der Waals surface area (Å²) in [5.74, 6) is -0.547. The van der Waals surface area contributed by atoms with E-state index in [1.54, 1.807) is 24.3 Å². The van der Waals surface area contributed by atoms with Crippen LogP contribution in [0.3, 0.4) is 0 Å². The number of imide groups is 1. The van der Waals surface area contributed by atoms with Crippen LogP contribution in [0, 0.1) is 6.92 Å². The Morgan fingerprint density at radius 3 is 2.59 bits per heavy atom. The molecule has 0 saturated heterocycles. The lowest BCUT2D eigenvalue weighted by Crippen LogP contribution is -2.50. The van der Waals surface area contributed by atoms with Crippen LogP contribution >= 0.6 is 0 Å². The maximum atomic E-state index is 12.8. The van der Waals surface area contributed by atoms with E-state index < -0.39 is 0 Å². The van der Waals surface area contributed by atoms with Crippen molar-refractivity contribution >= 4 is 45.6 Å². The Bertz CT molecular complexity index is 1710. The molecule has 2 aliphatic carbocycles. The highest BCUT2D eigenvalue weighted by molar-refractivity contribution is 6.21. The number of benzene rings is 2. The number of hydrogen-bond donors (Lipinski definition) is 1. The first-order valence-electron chi connectivity index (χ1n) is 12.9. The van der Waals surface area contributed by atoms with Crippen molar-refractivity contribution in [2.24, 2.45) is 7.05 Å². The summed E-state index contributed by atoms with van der Waals surface area (Å²) in [7, 11) is 2.13. The van der Waals surface area contributed by atoms with Crippen LogP contribution < -0.4 is 16.0 Å². The Balaban J connectivity index is 1.09. The number of nitrogens with zero attached hydrogens (tertiary/aromatic N) is 3. The second-order valence-corrected chi connectivity index (χ2v) is 10.5. The van der Waals surface area contributed by atoms with Gasteiger partial charge in [-0.1, -0.05) is 18.2 Å². The van der Waals surface area contributed by atoms with Crippen LogP contribution in [0.4, 0.5) is 0 Å². The molecule has 2 amide bonds.